The molecule has 0 aliphatic rings. The van der Waals surface area contributed by atoms with Crippen LogP contribution in [0.5, 0.6) is 0 Å². The van der Waals surface area contributed by atoms with Gasteiger partial charge in [-0.3, -0.25) is 14.9 Å². The van der Waals surface area contributed by atoms with Crippen LogP contribution in [0.25, 0.3) is 0 Å². The van der Waals surface area contributed by atoms with E-state index in [4.69, 9.17) is 23.2 Å². The summed E-state index contributed by atoms with van der Waals surface area (Å²) in [7, 11) is -3.99. The quantitative estimate of drug-likeness (QED) is 0.611. The van der Waals surface area contributed by atoms with Gasteiger partial charge in [-0.05, 0) is 11.6 Å². The number of amides is 1. The number of benzene rings is 1. The molecule has 0 bridgehead atoms. The second kappa shape index (κ2) is 6.57. The Morgan fingerprint density at radius 1 is 1.26 bits per heavy atom. The number of aromatic amines is 1. The second-order valence-electron chi connectivity index (χ2n) is 4.46. The minimum Gasteiger partial charge on any atom is -0.340 e. The highest BCUT2D eigenvalue weighted by molar-refractivity contribution is 7.89. The van der Waals surface area contributed by atoms with Gasteiger partial charge in [-0.15, -0.1) is 0 Å². The van der Waals surface area contributed by atoms with Gasteiger partial charge in [0.05, 0.1) is 15.7 Å². The molecule has 11 heteroatoms. The van der Waals surface area contributed by atoms with Crippen LogP contribution >= 0.6 is 23.2 Å². The van der Waals surface area contributed by atoms with Crippen LogP contribution < -0.4 is 4.72 Å². The molecule has 0 saturated carbocycles. The lowest BCUT2D eigenvalue weighted by Crippen LogP contribution is -2.31. The maximum absolute atomic E-state index is 11.9. The maximum atomic E-state index is 11.9. The highest BCUT2D eigenvalue weighted by Crippen LogP contribution is 2.22. The summed E-state index contributed by atoms with van der Waals surface area (Å²) in [5.41, 5.74) is 0.0246. The Hall–Kier alpha value is -2.10. The Morgan fingerprint density at radius 3 is 2.35 bits per heavy atom. The molecule has 122 valence electrons. The number of nitrogens with zero attached hydrogens (tertiary/aromatic N) is 1. The first-order valence-electron chi connectivity index (χ1n) is 6.00. The average molecular weight is 378 g/mol. The Morgan fingerprint density at radius 2 is 1.87 bits per heavy atom. The molecule has 0 fully saturated rings. The zero-order chi connectivity index (χ0) is 17.2. The molecular formula is C12H9Cl2N3O5S. The molecule has 2 aromatic rings. The van der Waals surface area contributed by atoms with E-state index in [-0.39, 0.29) is 21.6 Å². The number of aromatic nitrogens is 1. The fourth-order valence-electron chi connectivity index (χ4n) is 1.69. The number of carbonyl (C=O) groups is 1. The van der Waals surface area contributed by atoms with Crippen molar-refractivity contribution in [3.05, 3.63) is 61.9 Å². The molecule has 0 saturated heterocycles. The standard InChI is InChI=1S/C12H9Cl2N3O5S/c13-9-5-10(15-11(9)14)12(18)16-23(21,22)6-7-1-3-8(4-2-7)17(19)20/h1-5,15H,6H2,(H,16,18). The van der Waals surface area contributed by atoms with Gasteiger partial charge in [0.25, 0.3) is 11.6 Å². The predicted octanol–water partition coefficient (Wildman–Crippen LogP) is 2.49. The molecule has 2 N–H and O–H groups in total. The van der Waals surface area contributed by atoms with Crippen LogP contribution in [0.1, 0.15) is 16.1 Å². The Balaban J connectivity index is 2.09. The molecule has 0 spiro atoms. The van der Waals surface area contributed by atoms with Crippen LogP contribution in [0, 0.1) is 10.1 Å². The van der Waals surface area contributed by atoms with E-state index in [1.54, 1.807) is 0 Å². The fraction of sp³-hybridized carbons (Fsp3) is 0.0833. The van der Waals surface area contributed by atoms with Crippen molar-refractivity contribution in [3.8, 4) is 0 Å². The lowest BCUT2D eigenvalue weighted by Gasteiger charge is -2.06. The largest absolute Gasteiger partial charge is 0.340 e. The molecule has 0 radical (unpaired) electrons. The molecule has 1 amide bonds. The van der Waals surface area contributed by atoms with Gasteiger partial charge in [0, 0.05) is 12.1 Å². The van der Waals surface area contributed by atoms with Crippen molar-refractivity contribution in [2.75, 3.05) is 0 Å². The van der Waals surface area contributed by atoms with Gasteiger partial charge >= 0.3 is 0 Å². The van der Waals surface area contributed by atoms with Gasteiger partial charge in [-0.25, -0.2) is 13.1 Å². The predicted molar refractivity (Wildman–Crippen MR) is 84.0 cm³/mol. The summed E-state index contributed by atoms with van der Waals surface area (Å²) in [4.78, 5) is 24.2. The van der Waals surface area contributed by atoms with Crippen molar-refractivity contribution in [3.63, 3.8) is 0 Å². The molecule has 1 aromatic carbocycles. The number of nitrogens with one attached hydrogen (secondary N) is 2. The smallest absolute Gasteiger partial charge is 0.281 e. The van der Waals surface area contributed by atoms with Crippen LogP contribution in [0.3, 0.4) is 0 Å². The third-order valence-corrected chi connectivity index (χ3v) is 4.62. The first kappa shape index (κ1) is 17.3. The molecule has 0 unspecified atom stereocenters. The summed E-state index contributed by atoms with van der Waals surface area (Å²) < 4.78 is 25.7. The Kier molecular flexibility index (Phi) is 4.93. The number of hydrogen-bond donors (Lipinski definition) is 2. The van der Waals surface area contributed by atoms with E-state index in [0.29, 0.717) is 5.56 Å². The number of halogens is 2. The second-order valence-corrected chi connectivity index (χ2v) is 6.97. The third-order valence-electron chi connectivity index (χ3n) is 2.72. The SMILES string of the molecule is O=C(NS(=O)(=O)Cc1ccc([N+](=O)[O-])cc1)c1cc(Cl)c(Cl)[nH]1. The van der Waals surface area contributed by atoms with Gasteiger partial charge in [0.15, 0.2) is 0 Å². The Labute approximate surface area is 140 Å². The van der Waals surface area contributed by atoms with Gasteiger partial charge < -0.3 is 4.98 Å². The van der Waals surface area contributed by atoms with Gasteiger partial charge in [-0.1, -0.05) is 35.3 Å². The molecule has 23 heavy (non-hydrogen) atoms. The van der Waals surface area contributed by atoms with Crippen molar-refractivity contribution in [2.45, 2.75) is 5.75 Å². The number of carbonyl (C=O) groups excluding carboxylic acids is 1. The highest BCUT2D eigenvalue weighted by atomic mass is 35.5. The van der Waals surface area contributed by atoms with Gasteiger partial charge in [0.2, 0.25) is 10.0 Å². The number of H-pyrrole nitrogens is 1. The van der Waals surface area contributed by atoms with Gasteiger partial charge in [-0.2, -0.15) is 0 Å². The summed E-state index contributed by atoms with van der Waals surface area (Å²) in [6, 6.07) is 6.14. The number of sulfonamides is 1. The summed E-state index contributed by atoms with van der Waals surface area (Å²) in [5, 5.41) is 10.6. The van der Waals surface area contributed by atoms with Crippen molar-refractivity contribution < 1.29 is 18.1 Å². The van der Waals surface area contributed by atoms with E-state index in [2.05, 4.69) is 4.98 Å². The normalized spacial score (nSPS) is 11.2. The van der Waals surface area contributed by atoms with Crippen molar-refractivity contribution in [2.24, 2.45) is 0 Å². The average Bonchev–Trinajstić information content (AvgIpc) is 2.78. The number of hydrogen-bond acceptors (Lipinski definition) is 5. The zero-order valence-electron chi connectivity index (χ0n) is 11.2. The number of rotatable bonds is 5. The van der Waals surface area contributed by atoms with E-state index >= 15 is 0 Å². The fourth-order valence-corrected chi connectivity index (χ4v) is 3.10. The minimum absolute atomic E-state index is 0.0181. The van der Waals surface area contributed by atoms with Gasteiger partial charge in [0.1, 0.15) is 10.8 Å². The van der Waals surface area contributed by atoms with Crippen LogP contribution in [0.2, 0.25) is 10.2 Å². The maximum Gasteiger partial charge on any atom is 0.281 e. The summed E-state index contributed by atoms with van der Waals surface area (Å²) in [6.45, 7) is 0. The highest BCUT2D eigenvalue weighted by Gasteiger charge is 2.19. The molecule has 1 aromatic heterocycles. The molecule has 1 heterocycles. The lowest BCUT2D eigenvalue weighted by atomic mass is 10.2. The van der Waals surface area contributed by atoms with E-state index in [9.17, 15) is 23.3 Å². The summed E-state index contributed by atoms with van der Waals surface area (Å²) in [6.07, 6.45) is 0. The van der Waals surface area contributed by atoms with Crippen LogP contribution in [0.4, 0.5) is 5.69 Å². The lowest BCUT2D eigenvalue weighted by molar-refractivity contribution is -0.384. The molecule has 0 aliphatic carbocycles. The monoisotopic (exact) mass is 377 g/mol. The number of non-ortho nitro benzene ring substituents is 1. The molecular weight excluding hydrogens is 369 g/mol. The van der Waals surface area contributed by atoms with Crippen LogP contribution in [-0.4, -0.2) is 24.2 Å². The third kappa shape index (κ3) is 4.44. The van der Waals surface area contributed by atoms with E-state index < -0.39 is 26.6 Å². The minimum atomic E-state index is -3.99. The molecule has 2 rings (SSSR count). The first-order valence-corrected chi connectivity index (χ1v) is 8.41. The van der Waals surface area contributed by atoms with E-state index in [1.165, 1.54) is 30.3 Å². The number of nitro groups is 1. The first-order chi connectivity index (χ1) is 10.7. The van der Waals surface area contributed by atoms with Crippen molar-refractivity contribution in [1.29, 1.82) is 0 Å². The number of nitro benzene ring substituents is 1. The van der Waals surface area contributed by atoms with Crippen LogP contribution in [-0.2, 0) is 15.8 Å². The van der Waals surface area contributed by atoms with Crippen LogP contribution in [0.15, 0.2) is 30.3 Å². The molecule has 0 atom stereocenters. The topological polar surface area (TPSA) is 122 Å². The zero-order valence-corrected chi connectivity index (χ0v) is 13.6. The summed E-state index contributed by atoms with van der Waals surface area (Å²) >= 11 is 11.3. The molecule has 8 nitrogen and oxygen atoms in total. The van der Waals surface area contributed by atoms with E-state index in [1.807, 2.05) is 4.72 Å². The van der Waals surface area contributed by atoms with Crippen molar-refractivity contribution >= 4 is 44.8 Å². The van der Waals surface area contributed by atoms with Crippen molar-refractivity contribution in [1.82, 2.24) is 9.71 Å². The Bertz CT molecular complexity index is 842. The summed E-state index contributed by atoms with van der Waals surface area (Å²) in [5.74, 6) is -1.43. The molecule has 0 aliphatic heterocycles. The van der Waals surface area contributed by atoms with E-state index in [0.717, 1.165) is 0 Å².